The normalized spacial score (nSPS) is 11.5. The number of nitriles is 1. The van der Waals surface area contributed by atoms with Gasteiger partial charge in [-0.1, -0.05) is 80.6 Å². The van der Waals surface area contributed by atoms with E-state index in [1.807, 2.05) is 60.7 Å². The van der Waals surface area contributed by atoms with Crippen LogP contribution in [0.5, 0.6) is 5.75 Å². The Labute approximate surface area is 177 Å². The second kappa shape index (κ2) is 10.0. The molecular formula is C27H23NO2. The molecule has 0 amide bonds. The first-order valence-electron chi connectivity index (χ1n) is 9.82. The highest BCUT2D eigenvalue weighted by molar-refractivity contribution is 5.90. The van der Waals surface area contributed by atoms with Crippen molar-refractivity contribution in [1.82, 2.24) is 0 Å². The first-order valence-corrected chi connectivity index (χ1v) is 9.82. The molecule has 3 aromatic carbocycles. The molecule has 3 nitrogen and oxygen atoms in total. The molecule has 0 saturated carbocycles. The second-order valence-corrected chi connectivity index (χ2v) is 7.18. The van der Waals surface area contributed by atoms with Gasteiger partial charge >= 0.3 is 5.97 Å². The van der Waals surface area contributed by atoms with Crippen LogP contribution in [0.4, 0.5) is 0 Å². The topological polar surface area (TPSA) is 50.1 Å². The fourth-order valence-electron chi connectivity index (χ4n) is 2.90. The number of nitrogens with zero attached hydrogens (tertiary/aromatic N) is 1. The van der Waals surface area contributed by atoms with E-state index in [4.69, 9.17) is 4.74 Å². The molecular weight excluding hydrogens is 370 g/mol. The van der Waals surface area contributed by atoms with Gasteiger partial charge in [0.25, 0.3) is 0 Å². The van der Waals surface area contributed by atoms with Gasteiger partial charge in [0.15, 0.2) is 0 Å². The van der Waals surface area contributed by atoms with E-state index in [1.165, 1.54) is 11.6 Å². The molecule has 148 valence electrons. The largest absolute Gasteiger partial charge is 0.423 e. The van der Waals surface area contributed by atoms with Crippen LogP contribution in [0.2, 0.25) is 0 Å². The number of carbonyl (C=O) groups excluding carboxylic acids is 1. The van der Waals surface area contributed by atoms with Gasteiger partial charge in [-0.3, -0.25) is 0 Å². The van der Waals surface area contributed by atoms with Gasteiger partial charge in [-0.25, -0.2) is 4.79 Å². The average Bonchev–Trinajstić information content (AvgIpc) is 2.78. The number of carbonyl (C=O) groups is 1. The standard InChI is InChI=1S/C27H23NO2/c1-20(2)23-13-8-21(9-14-23)12-17-27(29)30-26-15-10-22(11-16-26)18-25(19-28)24-6-4-3-5-7-24/h3-18,20H,1-2H3/b17-12+,25-18-. The Kier molecular flexibility index (Phi) is 6.97. The summed E-state index contributed by atoms with van der Waals surface area (Å²) in [5, 5.41) is 9.41. The van der Waals surface area contributed by atoms with Crippen LogP contribution in [-0.4, -0.2) is 5.97 Å². The van der Waals surface area contributed by atoms with Crippen LogP contribution in [0.1, 0.15) is 42.0 Å². The summed E-state index contributed by atoms with van der Waals surface area (Å²) in [6.45, 7) is 4.29. The molecule has 0 radical (unpaired) electrons. The number of esters is 1. The molecule has 0 aliphatic carbocycles. The zero-order valence-electron chi connectivity index (χ0n) is 17.1. The van der Waals surface area contributed by atoms with Gasteiger partial charge in [-0.2, -0.15) is 5.26 Å². The van der Waals surface area contributed by atoms with Crippen molar-refractivity contribution in [2.24, 2.45) is 0 Å². The van der Waals surface area contributed by atoms with Crippen molar-refractivity contribution in [3.05, 3.63) is 107 Å². The van der Waals surface area contributed by atoms with E-state index in [1.54, 1.807) is 18.2 Å². The van der Waals surface area contributed by atoms with Crippen LogP contribution in [0, 0.1) is 11.3 Å². The van der Waals surface area contributed by atoms with Crippen molar-refractivity contribution in [2.45, 2.75) is 19.8 Å². The van der Waals surface area contributed by atoms with Gasteiger partial charge < -0.3 is 4.74 Å². The molecule has 0 aliphatic rings. The highest BCUT2D eigenvalue weighted by atomic mass is 16.5. The number of hydrogen-bond donors (Lipinski definition) is 0. The lowest BCUT2D eigenvalue weighted by Crippen LogP contribution is -2.03. The monoisotopic (exact) mass is 393 g/mol. The predicted molar refractivity (Wildman–Crippen MR) is 122 cm³/mol. The Morgan fingerprint density at radius 1 is 0.900 bits per heavy atom. The van der Waals surface area contributed by atoms with E-state index in [9.17, 15) is 10.1 Å². The summed E-state index contributed by atoms with van der Waals surface area (Å²) in [4.78, 5) is 12.1. The van der Waals surface area contributed by atoms with E-state index >= 15 is 0 Å². The van der Waals surface area contributed by atoms with Crippen molar-refractivity contribution in [3.8, 4) is 11.8 Å². The van der Waals surface area contributed by atoms with Gasteiger partial charge in [-0.05, 0) is 52.5 Å². The third-order valence-electron chi connectivity index (χ3n) is 4.63. The highest BCUT2D eigenvalue weighted by Crippen LogP contribution is 2.20. The molecule has 0 aromatic heterocycles. The van der Waals surface area contributed by atoms with Crippen LogP contribution in [0.15, 0.2) is 84.9 Å². The molecule has 0 atom stereocenters. The van der Waals surface area contributed by atoms with Crippen molar-refractivity contribution >= 4 is 23.7 Å². The summed E-state index contributed by atoms with van der Waals surface area (Å²) in [5.41, 5.74) is 4.50. The van der Waals surface area contributed by atoms with E-state index < -0.39 is 5.97 Å². The molecule has 0 saturated heterocycles. The Balaban J connectivity index is 1.63. The minimum atomic E-state index is -0.437. The zero-order valence-corrected chi connectivity index (χ0v) is 17.1. The van der Waals surface area contributed by atoms with Crippen molar-refractivity contribution in [3.63, 3.8) is 0 Å². The van der Waals surface area contributed by atoms with E-state index in [0.29, 0.717) is 17.2 Å². The zero-order chi connectivity index (χ0) is 21.3. The van der Waals surface area contributed by atoms with Crippen LogP contribution in [-0.2, 0) is 4.79 Å². The summed E-state index contributed by atoms with van der Waals surface area (Å²) < 4.78 is 5.36. The molecule has 3 heteroatoms. The van der Waals surface area contributed by atoms with E-state index in [2.05, 4.69) is 32.0 Å². The molecule has 0 spiro atoms. The number of ether oxygens (including phenoxy) is 1. The number of rotatable bonds is 6. The summed E-state index contributed by atoms with van der Waals surface area (Å²) in [6.07, 6.45) is 4.96. The molecule has 0 fully saturated rings. The lowest BCUT2D eigenvalue weighted by Gasteiger charge is -2.05. The molecule has 3 rings (SSSR count). The third kappa shape index (κ3) is 5.80. The highest BCUT2D eigenvalue weighted by Gasteiger charge is 2.03. The van der Waals surface area contributed by atoms with Crippen LogP contribution < -0.4 is 4.74 Å². The lowest BCUT2D eigenvalue weighted by atomic mass is 10.0. The number of hydrogen-bond acceptors (Lipinski definition) is 3. The first-order chi connectivity index (χ1) is 14.5. The molecule has 0 aliphatic heterocycles. The van der Waals surface area contributed by atoms with Gasteiger partial charge in [0.1, 0.15) is 5.75 Å². The molecule has 3 aromatic rings. The summed E-state index contributed by atoms with van der Waals surface area (Å²) in [5.74, 6) is 0.492. The Hall–Kier alpha value is -3.90. The van der Waals surface area contributed by atoms with Crippen molar-refractivity contribution < 1.29 is 9.53 Å². The summed E-state index contributed by atoms with van der Waals surface area (Å²) in [6, 6.07) is 26.9. The maximum absolute atomic E-state index is 12.1. The van der Waals surface area contributed by atoms with Crippen LogP contribution >= 0.6 is 0 Å². The van der Waals surface area contributed by atoms with Gasteiger partial charge in [0, 0.05) is 6.08 Å². The summed E-state index contributed by atoms with van der Waals surface area (Å²) >= 11 is 0. The fraction of sp³-hybridized carbons (Fsp3) is 0.111. The van der Waals surface area contributed by atoms with Crippen molar-refractivity contribution in [2.75, 3.05) is 0 Å². The summed E-state index contributed by atoms with van der Waals surface area (Å²) in [7, 11) is 0. The minimum Gasteiger partial charge on any atom is -0.423 e. The minimum absolute atomic E-state index is 0.437. The SMILES string of the molecule is CC(C)c1ccc(/C=C/C(=O)Oc2ccc(/C=C(/C#N)c3ccccc3)cc2)cc1. The molecule has 0 bridgehead atoms. The van der Waals surface area contributed by atoms with Gasteiger partial charge in [0.05, 0.1) is 11.6 Å². The maximum Gasteiger partial charge on any atom is 0.336 e. The molecule has 0 heterocycles. The Bertz CT molecular complexity index is 1080. The number of allylic oxidation sites excluding steroid dienone is 1. The lowest BCUT2D eigenvalue weighted by molar-refractivity contribution is -0.128. The maximum atomic E-state index is 12.1. The van der Waals surface area contributed by atoms with Gasteiger partial charge in [0.2, 0.25) is 0 Å². The average molecular weight is 393 g/mol. The fourth-order valence-corrected chi connectivity index (χ4v) is 2.90. The molecule has 30 heavy (non-hydrogen) atoms. The van der Waals surface area contributed by atoms with E-state index in [0.717, 1.165) is 16.7 Å². The van der Waals surface area contributed by atoms with Crippen LogP contribution in [0.3, 0.4) is 0 Å². The second-order valence-electron chi connectivity index (χ2n) is 7.18. The quantitative estimate of drug-likeness (QED) is 0.158. The van der Waals surface area contributed by atoms with Gasteiger partial charge in [-0.15, -0.1) is 0 Å². The number of benzene rings is 3. The predicted octanol–water partition coefficient (Wildman–Crippen LogP) is 6.49. The molecule has 0 unspecified atom stereocenters. The molecule has 0 N–H and O–H groups in total. The smallest absolute Gasteiger partial charge is 0.336 e. The third-order valence-corrected chi connectivity index (χ3v) is 4.63. The van der Waals surface area contributed by atoms with Crippen molar-refractivity contribution in [1.29, 1.82) is 5.26 Å². The van der Waals surface area contributed by atoms with Crippen LogP contribution in [0.25, 0.3) is 17.7 Å². The van der Waals surface area contributed by atoms with E-state index in [-0.39, 0.29) is 0 Å². The first kappa shape index (κ1) is 20.8. The Morgan fingerprint density at radius 3 is 2.13 bits per heavy atom. The Morgan fingerprint density at radius 2 is 1.53 bits per heavy atom.